The summed E-state index contributed by atoms with van der Waals surface area (Å²) in [7, 11) is 0. The van der Waals surface area contributed by atoms with Crippen LogP contribution in [-0.4, -0.2) is 9.55 Å². The molecule has 2 nitrogen and oxygen atoms in total. The van der Waals surface area contributed by atoms with Gasteiger partial charge in [-0.1, -0.05) is 0 Å². The van der Waals surface area contributed by atoms with Crippen LogP contribution in [0.4, 0.5) is 0 Å². The van der Waals surface area contributed by atoms with E-state index in [1.165, 1.54) is 5.52 Å². The van der Waals surface area contributed by atoms with Gasteiger partial charge in [-0.25, -0.2) is 0 Å². The van der Waals surface area contributed by atoms with Crippen LogP contribution in [0.3, 0.4) is 0 Å². The lowest BCUT2D eigenvalue weighted by Gasteiger charge is -1.99. The third-order valence-electron chi connectivity index (χ3n) is 2.10. The molecule has 62 valence electrons. The molecule has 12 heavy (non-hydrogen) atoms. The van der Waals surface area contributed by atoms with Gasteiger partial charge in [-0.2, -0.15) is 0 Å². The minimum absolute atomic E-state index is 1.01. The Morgan fingerprint density at radius 3 is 2.92 bits per heavy atom. The van der Waals surface area contributed by atoms with Crippen molar-refractivity contribution in [3.05, 3.63) is 30.1 Å². The fourth-order valence-electron chi connectivity index (χ4n) is 1.45. The summed E-state index contributed by atoms with van der Waals surface area (Å²) in [5.41, 5.74) is 3.40. The van der Waals surface area contributed by atoms with Crippen LogP contribution in [0.15, 0.2) is 24.4 Å². The molecule has 0 aliphatic rings. The molecule has 2 rings (SSSR count). The molecule has 0 saturated heterocycles. The lowest BCUT2D eigenvalue weighted by molar-refractivity contribution is 0.797. The standard InChI is InChI=1S/C10H12N2/c1-3-12-7-6-9-10(12)5-4-8(2)11-9/h4-7H,3H2,1-2H3. The average molecular weight is 160 g/mol. The second kappa shape index (κ2) is 2.63. The molecule has 0 fully saturated rings. The molecule has 0 saturated carbocycles. The van der Waals surface area contributed by atoms with Crippen molar-refractivity contribution >= 4 is 11.0 Å². The van der Waals surface area contributed by atoms with Gasteiger partial charge < -0.3 is 4.57 Å². The minimum atomic E-state index is 1.01. The largest absolute Gasteiger partial charge is 0.346 e. The van der Waals surface area contributed by atoms with Gasteiger partial charge in [0.25, 0.3) is 0 Å². The van der Waals surface area contributed by atoms with E-state index in [2.05, 4.69) is 40.9 Å². The minimum Gasteiger partial charge on any atom is -0.346 e. The molecule has 0 aliphatic heterocycles. The Balaban J connectivity index is 2.73. The SMILES string of the molecule is CCn1ccc2nc(C)ccc21. The number of aryl methyl sites for hydroxylation is 2. The molecule has 0 spiro atoms. The van der Waals surface area contributed by atoms with Gasteiger partial charge in [0.2, 0.25) is 0 Å². The predicted octanol–water partition coefficient (Wildman–Crippen LogP) is 2.36. The molecule has 0 radical (unpaired) electrons. The summed E-state index contributed by atoms with van der Waals surface area (Å²) in [5.74, 6) is 0. The Kier molecular flexibility index (Phi) is 1.61. The van der Waals surface area contributed by atoms with Crippen LogP contribution in [0.5, 0.6) is 0 Å². The van der Waals surface area contributed by atoms with Crippen molar-refractivity contribution in [1.82, 2.24) is 9.55 Å². The zero-order chi connectivity index (χ0) is 8.55. The fraction of sp³-hybridized carbons (Fsp3) is 0.300. The molecule has 0 aromatic carbocycles. The van der Waals surface area contributed by atoms with E-state index in [1.807, 2.05) is 6.92 Å². The molecular weight excluding hydrogens is 148 g/mol. The molecule has 0 aliphatic carbocycles. The van der Waals surface area contributed by atoms with Crippen LogP contribution in [0.1, 0.15) is 12.6 Å². The van der Waals surface area contributed by atoms with Crippen LogP contribution in [0, 0.1) is 6.92 Å². The molecule has 2 heteroatoms. The maximum atomic E-state index is 4.42. The average Bonchev–Trinajstić information content (AvgIpc) is 2.46. The molecule has 0 atom stereocenters. The summed E-state index contributed by atoms with van der Waals surface area (Å²) in [5, 5.41) is 0. The second-order valence-electron chi connectivity index (χ2n) is 2.96. The first-order valence-corrected chi connectivity index (χ1v) is 4.24. The highest BCUT2D eigenvalue weighted by molar-refractivity contribution is 5.75. The first-order chi connectivity index (χ1) is 5.81. The topological polar surface area (TPSA) is 17.8 Å². The van der Waals surface area contributed by atoms with Crippen molar-refractivity contribution in [2.24, 2.45) is 0 Å². The molecule has 0 unspecified atom stereocenters. The predicted molar refractivity (Wildman–Crippen MR) is 50.1 cm³/mol. The Labute approximate surface area is 71.8 Å². The second-order valence-corrected chi connectivity index (χ2v) is 2.96. The Morgan fingerprint density at radius 2 is 2.17 bits per heavy atom. The molecule has 0 N–H and O–H groups in total. The van der Waals surface area contributed by atoms with E-state index in [1.54, 1.807) is 0 Å². The lowest BCUT2D eigenvalue weighted by Crippen LogP contribution is -1.91. The van der Waals surface area contributed by atoms with Gasteiger partial charge in [0.05, 0.1) is 11.0 Å². The zero-order valence-corrected chi connectivity index (χ0v) is 7.41. The van der Waals surface area contributed by atoms with E-state index >= 15 is 0 Å². The number of nitrogens with zero attached hydrogens (tertiary/aromatic N) is 2. The van der Waals surface area contributed by atoms with Crippen LogP contribution in [0.2, 0.25) is 0 Å². The molecule has 2 heterocycles. The molecule has 0 amide bonds. The van der Waals surface area contributed by atoms with Gasteiger partial charge in [-0.3, -0.25) is 4.98 Å². The van der Waals surface area contributed by atoms with Gasteiger partial charge in [-0.05, 0) is 32.0 Å². The van der Waals surface area contributed by atoms with E-state index in [9.17, 15) is 0 Å². The van der Waals surface area contributed by atoms with Crippen molar-refractivity contribution < 1.29 is 0 Å². The van der Waals surface area contributed by atoms with Crippen molar-refractivity contribution in [2.75, 3.05) is 0 Å². The quantitative estimate of drug-likeness (QED) is 0.626. The number of hydrogen-bond acceptors (Lipinski definition) is 1. The Morgan fingerprint density at radius 1 is 1.33 bits per heavy atom. The number of fused-ring (bicyclic) bond motifs is 1. The van der Waals surface area contributed by atoms with Gasteiger partial charge in [0.1, 0.15) is 0 Å². The summed E-state index contributed by atoms with van der Waals surface area (Å²) in [6, 6.07) is 6.24. The zero-order valence-electron chi connectivity index (χ0n) is 7.41. The third kappa shape index (κ3) is 0.998. The van der Waals surface area contributed by atoms with E-state index in [0.717, 1.165) is 17.8 Å². The first-order valence-electron chi connectivity index (χ1n) is 4.24. The van der Waals surface area contributed by atoms with E-state index < -0.39 is 0 Å². The molecule has 2 aromatic rings. The van der Waals surface area contributed by atoms with Crippen molar-refractivity contribution in [1.29, 1.82) is 0 Å². The van der Waals surface area contributed by atoms with E-state index in [4.69, 9.17) is 0 Å². The Bertz CT molecular complexity index is 401. The van der Waals surface area contributed by atoms with E-state index in [-0.39, 0.29) is 0 Å². The van der Waals surface area contributed by atoms with Gasteiger partial charge in [0.15, 0.2) is 0 Å². The Hall–Kier alpha value is -1.31. The summed E-state index contributed by atoms with van der Waals surface area (Å²) in [4.78, 5) is 4.42. The maximum absolute atomic E-state index is 4.42. The highest BCUT2D eigenvalue weighted by atomic mass is 15.0. The number of pyridine rings is 1. The summed E-state index contributed by atoms with van der Waals surface area (Å²) in [6.07, 6.45) is 2.08. The van der Waals surface area contributed by atoms with Crippen molar-refractivity contribution in [3.8, 4) is 0 Å². The monoisotopic (exact) mass is 160 g/mol. The van der Waals surface area contributed by atoms with Crippen LogP contribution in [-0.2, 0) is 6.54 Å². The first kappa shape index (κ1) is 7.35. The summed E-state index contributed by atoms with van der Waals surface area (Å²) < 4.78 is 2.20. The maximum Gasteiger partial charge on any atom is 0.0884 e. The summed E-state index contributed by atoms with van der Waals surface area (Å²) >= 11 is 0. The van der Waals surface area contributed by atoms with Gasteiger partial charge in [-0.15, -0.1) is 0 Å². The fourth-order valence-corrected chi connectivity index (χ4v) is 1.45. The molecule has 2 aromatic heterocycles. The number of hydrogen-bond donors (Lipinski definition) is 0. The van der Waals surface area contributed by atoms with Crippen molar-refractivity contribution in [3.63, 3.8) is 0 Å². The van der Waals surface area contributed by atoms with Gasteiger partial charge in [0, 0.05) is 18.4 Å². The smallest absolute Gasteiger partial charge is 0.0884 e. The number of rotatable bonds is 1. The molecular formula is C10H12N2. The lowest BCUT2D eigenvalue weighted by atomic mass is 10.3. The van der Waals surface area contributed by atoms with Crippen molar-refractivity contribution in [2.45, 2.75) is 20.4 Å². The third-order valence-corrected chi connectivity index (χ3v) is 2.10. The molecule has 0 bridgehead atoms. The highest BCUT2D eigenvalue weighted by Crippen LogP contribution is 2.13. The normalized spacial score (nSPS) is 10.8. The van der Waals surface area contributed by atoms with Crippen LogP contribution < -0.4 is 0 Å². The van der Waals surface area contributed by atoms with Gasteiger partial charge >= 0.3 is 0 Å². The highest BCUT2D eigenvalue weighted by Gasteiger charge is 1.99. The number of aromatic nitrogens is 2. The van der Waals surface area contributed by atoms with Crippen LogP contribution >= 0.6 is 0 Å². The van der Waals surface area contributed by atoms with Crippen LogP contribution in [0.25, 0.3) is 11.0 Å². The summed E-state index contributed by atoms with van der Waals surface area (Å²) in [6.45, 7) is 5.16. The van der Waals surface area contributed by atoms with E-state index in [0.29, 0.717) is 0 Å².